The van der Waals surface area contributed by atoms with Gasteiger partial charge < -0.3 is 9.47 Å². The van der Waals surface area contributed by atoms with Crippen LogP contribution in [0.3, 0.4) is 0 Å². The zero-order valence-electron chi connectivity index (χ0n) is 13.8. The quantitative estimate of drug-likeness (QED) is 0.720. The largest absolute Gasteiger partial charge is 0.494 e. The molecule has 0 unspecified atom stereocenters. The van der Waals surface area contributed by atoms with E-state index in [-0.39, 0.29) is 6.61 Å². The predicted molar refractivity (Wildman–Crippen MR) is 97.4 cm³/mol. The van der Waals surface area contributed by atoms with Gasteiger partial charge in [-0.15, -0.1) is 0 Å². The van der Waals surface area contributed by atoms with Crippen LogP contribution in [0.25, 0.3) is 0 Å². The third-order valence-corrected chi connectivity index (χ3v) is 4.02. The molecule has 2 aromatic rings. The van der Waals surface area contributed by atoms with Crippen molar-refractivity contribution in [3.63, 3.8) is 0 Å². The average Bonchev–Trinajstić information content (AvgIpc) is 2.62. The number of halogens is 1. The lowest BCUT2D eigenvalue weighted by Gasteiger charge is -2.10. The number of hydrogen-bond donors (Lipinski definition) is 2. The molecule has 0 heterocycles. The molecule has 0 fully saturated rings. The summed E-state index contributed by atoms with van der Waals surface area (Å²) >= 11 is 3.43. The summed E-state index contributed by atoms with van der Waals surface area (Å²) in [7, 11) is 0. The second-order valence-electron chi connectivity index (χ2n) is 5.02. The molecule has 0 bridgehead atoms. The highest BCUT2D eigenvalue weighted by Crippen LogP contribution is 2.16. The molecule has 0 radical (unpaired) electrons. The fourth-order valence-corrected chi connectivity index (χ4v) is 2.55. The SMILES string of the molecule is CCOc1cccc(C(=O)NNC(=O)OCCc2ccccc2Br)c1. The minimum absolute atomic E-state index is 0.199. The van der Waals surface area contributed by atoms with Crippen molar-refractivity contribution in [2.45, 2.75) is 13.3 Å². The molecule has 2 aromatic carbocycles. The summed E-state index contributed by atoms with van der Waals surface area (Å²) in [5.41, 5.74) is 5.93. The molecular formula is C18H19BrN2O4. The number of amides is 2. The molecule has 2 rings (SSSR count). The van der Waals surface area contributed by atoms with Gasteiger partial charge in [0.15, 0.2) is 0 Å². The highest BCUT2D eigenvalue weighted by Gasteiger charge is 2.09. The molecule has 6 nitrogen and oxygen atoms in total. The van der Waals surface area contributed by atoms with E-state index in [4.69, 9.17) is 9.47 Å². The van der Waals surface area contributed by atoms with Gasteiger partial charge in [0.25, 0.3) is 5.91 Å². The smallest absolute Gasteiger partial charge is 0.426 e. The fourth-order valence-electron chi connectivity index (χ4n) is 2.06. The minimum Gasteiger partial charge on any atom is -0.494 e. The molecule has 0 saturated carbocycles. The first kappa shape index (κ1) is 18.8. The van der Waals surface area contributed by atoms with E-state index in [1.54, 1.807) is 24.3 Å². The lowest BCUT2D eigenvalue weighted by molar-refractivity contribution is 0.0910. The van der Waals surface area contributed by atoms with Gasteiger partial charge in [-0.05, 0) is 36.8 Å². The van der Waals surface area contributed by atoms with E-state index < -0.39 is 12.0 Å². The van der Waals surface area contributed by atoms with Crippen molar-refractivity contribution in [1.29, 1.82) is 0 Å². The van der Waals surface area contributed by atoms with Gasteiger partial charge in [-0.3, -0.25) is 10.2 Å². The van der Waals surface area contributed by atoms with E-state index in [9.17, 15) is 9.59 Å². The predicted octanol–water partition coefficient (Wildman–Crippen LogP) is 3.46. The Balaban J connectivity index is 1.75. The summed E-state index contributed by atoms with van der Waals surface area (Å²) in [6.45, 7) is 2.57. The standard InChI is InChI=1S/C18H19BrN2O4/c1-2-24-15-8-5-7-14(12-15)17(22)20-21-18(23)25-11-10-13-6-3-4-9-16(13)19/h3-9,12H,2,10-11H2,1H3,(H,20,22)(H,21,23). The molecule has 0 aromatic heterocycles. The number of carbonyl (C=O) groups is 2. The monoisotopic (exact) mass is 406 g/mol. The van der Waals surface area contributed by atoms with Gasteiger partial charge in [0.1, 0.15) is 5.75 Å². The van der Waals surface area contributed by atoms with Gasteiger partial charge in [0.05, 0.1) is 13.2 Å². The van der Waals surface area contributed by atoms with Crippen molar-refractivity contribution in [1.82, 2.24) is 10.9 Å². The summed E-state index contributed by atoms with van der Waals surface area (Å²) in [5.74, 6) is 0.135. The van der Waals surface area contributed by atoms with Gasteiger partial charge in [0, 0.05) is 16.5 Å². The topological polar surface area (TPSA) is 76.7 Å². The molecule has 7 heteroatoms. The van der Waals surface area contributed by atoms with E-state index in [0.29, 0.717) is 24.3 Å². The van der Waals surface area contributed by atoms with E-state index in [2.05, 4.69) is 26.8 Å². The molecule has 25 heavy (non-hydrogen) atoms. The third kappa shape index (κ3) is 6.11. The lowest BCUT2D eigenvalue weighted by atomic mass is 10.2. The number of hydrazine groups is 1. The Labute approximate surface area is 154 Å². The van der Waals surface area contributed by atoms with Crippen molar-refractivity contribution < 1.29 is 19.1 Å². The Morgan fingerprint density at radius 1 is 1.08 bits per heavy atom. The van der Waals surface area contributed by atoms with Crippen LogP contribution in [0.2, 0.25) is 0 Å². The van der Waals surface area contributed by atoms with Crippen LogP contribution in [0, 0.1) is 0 Å². The number of hydrogen-bond acceptors (Lipinski definition) is 4. The molecule has 0 spiro atoms. The summed E-state index contributed by atoms with van der Waals surface area (Å²) in [5, 5.41) is 0. The molecule has 0 saturated heterocycles. The maximum Gasteiger partial charge on any atom is 0.426 e. The van der Waals surface area contributed by atoms with E-state index >= 15 is 0 Å². The first-order valence-corrected chi connectivity index (χ1v) is 8.59. The van der Waals surface area contributed by atoms with Crippen LogP contribution in [-0.2, 0) is 11.2 Å². The van der Waals surface area contributed by atoms with Crippen LogP contribution in [0.1, 0.15) is 22.8 Å². The zero-order chi connectivity index (χ0) is 18.1. The van der Waals surface area contributed by atoms with Gasteiger partial charge in [0.2, 0.25) is 0 Å². The molecule has 0 atom stereocenters. The van der Waals surface area contributed by atoms with Crippen molar-refractivity contribution in [2.75, 3.05) is 13.2 Å². The highest BCUT2D eigenvalue weighted by atomic mass is 79.9. The first-order chi connectivity index (χ1) is 12.1. The maximum atomic E-state index is 12.0. The van der Waals surface area contributed by atoms with Crippen molar-refractivity contribution >= 4 is 27.9 Å². The molecule has 0 aliphatic rings. The van der Waals surface area contributed by atoms with Crippen LogP contribution >= 0.6 is 15.9 Å². The van der Waals surface area contributed by atoms with Crippen LogP contribution < -0.4 is 15.6 Å². The molecule has 0 aliphatic carbocycles. The summed E-state index contributed by atoms with van der Waals surface area (Å²) in [6.07, 6.45) is -0.152. The average molecular weight is 407 g/mol. The molecule has 2 amide bonds. The van der Waals surface area contributed by atoms with E-state index in [1.165, 1.54) is 0 Å². The lowest BCUT2D eigenvalue weighted by Crippen LogP contribution is -2.42. The van der Waals surface area contributed by atoms with Gasteiger partial charge in [-0.2, -0.15) is 0 Å². The Bertz CT molecular complexity index is 737. The summed E-state index contributed by atoms with van der Waals surface area (Å²) < 4.78 is 11.3. The Morgan fingerprint density at radius 2 is 1.88 bits per heavy atom. The Morgan fingerprint density at radius 3 is 2.64 bits per heavy atom. The normalized spacial score (nSPS) is 10.0. The van der Waals surface area contributed by atoms with Crippen molar-refractivity contribution in [2.24, 2.45) is 0 Å². The molecular weight excluding hydrogens is 388 g/mol. The Kier molecular flexibility index (Phi) is 7.28. The second kappa shape index (κ2) is 9.68. The number of nitrogens with one attached hydrogen (secondary N) is 2. The van der Waals surface area contributed by atoms with Crippen LogP contribution in [0.5, 0.6) is 5.75 Å². The van der Waals surface area contributed by atoms with Crippen molar-refractivity contribution in [3.8, 4) is 5.75 Å². The highest BCUT2D eigenvalue weighted by molar-refractivity contribution is 9.10. The van der Waals surface area contributed by atoms with Crippen LogP contribution in [0.4, 0.5) is 4.79 Å². The Hall–Kier alpha value is -2.54. The van der Waals surface area contributed by atoms with Gasteiger partial charge in [-0.1, -0.05) is 40.2 Å². The summed E-state index contributed by atoms with van der Waals surface area (Å²) in [4.78, 5) is 23.6. The summed E-state index contributed by atoms with van der Waals surface area (Å²) in [6, 6.07) is 14.4. The first-order valence-electron chi connectivity index (χ1n) is 7.79. The third-order valence-electron chi connectivity index (χ3n) is 3.25. The molecule has 132 valence electrons. The van der Waals surface area contributed by atoms with Gasteiger partial charge in [-0.25, -0.2) is 10.2 Å². The minimum atomic E-state index is -0.721. The zero-order valence-corrected chi connectivity index (χ0v) is 15.3. The number of benzene rings is 2. The fraction of sp³-hybridized carbons (Fsp3) is 0.222. The van der Waals surface area contributed by atoms with Gasteiger partial charge >= 0.3 is 6.09 Å². The molecule has 2 N–H and O–H groups in total. The second-order valence-corrected chi connectivity index (χ2v) is 5.87. The maximum absolute atomic E-state index is 12.0. The molecule has 0 aliphatic heterocycles. The van der Waals surface area contributed by atoms with E-state index in [1.807, 2.05) is 31.2 Å². The number of carbonyl (C=O) groups excluding carboxylic acids is 2. The number of ether oxygens (including phenoxy) is 2. The van der Waals surface area contributed by atoms with E-state index in [0.717, 1.165) is 10.0 Å². The number of rotatable bonds is 6. The van der Waals surface area contributed by atoms with Crippen LogP contribution in [-0.4, -0.2) is 25.2 Å². The van der Waals surface area contributed by atoms with Crippen molar-refractivity contribution in [3.05, 3.63) is 64.1 Å². The van der Waals surface area contributed by atoms with Crippen LogP contribution in [0.15, 0.2) is 53.0 Å².